The number of carbonyl (C=O) groups is 1. The summed E-state index contributed by atoms with van der Waals surface area (Å²) < 4.78 is 6.01. The van der Waals surface area contributed by atoms with Crippen molar-refractivity contribution >= 4 is 5.91 Å². The highest BCUT2D eigenvalue weighted by molar-refractivity contribution is 5.81. The van der Waals surface area contributed by atoms with Gasteiger partial charge in [0.1, 0.15) is 11.7 Å². The van der Waals surface area contributed by atoms with Crippen molar-refractivity contribution in [3.05, 3.63) is 0 Å². The highest BCUT2D eigenvalue weighted by atomic mass is 16.5. The third kappa shape index (κ3) is 3.11. The Morgan fingerprint density at radius 1 is 1.26 bits per heavy atom. The Morgan fingerprint density at radius 3 is 2.42 bits per heavy atom. The fourth-order valence-electron chi connectivity index (χ4n) is 3.06. The third-order valence-corrected chi connectivity index (χ3v) is 4.19. The molecule has 2 rings (SSSR count). The molecule has 1 spiro atoms. The predicted octanol–water partition coefficient (Wildman–Crippen LogP) is 1.74. The number of hydrogen-bond donors (Lipinski definition) is 0. The molecule has 4 heteroatoms. The largest absolute Gasteiger partial charge is 0.358 e. The second-order valence-corrected chi connectivity index (χ2v) is 6.90. The minimum absolute atomic E-state index is 0.103. The van der Waals surface area contributed by atoms with Gasteiger partial charge in [0.05, 0.1) is 6.54 Å². The Morgan fingerprint density at radius 2 is 1.89 bits per heavy atom. The number of morpholine rings is 1. The summed E-state index contributed by atoms with van der Waals surface area (Å²) in [6, 6.07) is 0.264. The van der Waals surface area contributed by atoms with Crippen LogP contribution in [0.3, 0.4) is 0 Å². The van der Waals surface area contributed by atoms with Gasteiger partial charge in [-0.2, -0.15) is 0 Å². The number of ether oxygens (including phenoxy) is 1. The van der Waals surface area contributed by atoms with E-state index in [0.29, 0.717) is 0 Å². The first-order chi connectivity index (χ1) is 8.83. The van der Waals surface area contributed by atoms with E-state index in [4.69, 9.17) is 4.74 Å². The van der Waals surface area contributed by atoms with Crippen molar-refractivity contribution < 1.29 is 9.53 Å². The van der Waals surface area contributed by atoms with Crippen LogP contribution in [0, 0.1) is 5.92 Å². The van der Waals surface area contributed by atoms with Crippen molar-refractivity contribution in [3.8, 4) is 0 Å². The van der Waals surface area contributed by atoms with Crippen LogP contribution in [0.4, 0.5) is 0 Å². The van der Waals surface area contributed by atoms with Crippen molar-refractivity contribution in [2.75, 3.05) is 26.2 Å². The lowest BCUT2D eigenvalue weighted by molar-refractivity contribution is -0.217. The van der Waals surface area contributed by atoms with E-state index in [2.05, 4.69) is 32.6 Å². The Bertz CT molecular complexity index is 335. The molecule has 4 nitrogen and oxygen atoms in total. The van der Waals surface area contributed by atoms with E-state index in [1.54, 1.807) is 0 Å². The lowest BCUT2D eigenvalue weighted by atomic mass is 9.89. The number of likely N-dealkylation sites (tertiary alicyclic amines) is 1. The van der Waals surface area contributed by atoms with E-state index >= 15 is 0 Å². The minimum Gasteiger partial charge on any atom is -0.358 e. The SMILES string of the molecule is CC(C)CCN1CC2(C1)CN(C(C)C)C(=O)[C@@H](C)O2. The molecular formula is C15H28N2O2. The summed E-state index contributed by atoms with van der Waals surface area (Å²) in [5.74, 6) is 0.887. The van der Waals surface area contributed by atoms with E-state index < -0.39 is 0 Å². The van der Waals surface area contributed by atoms with Gasteiger partial charge in [0.15, 0.2) is 0 Å². The average Bonchev–Trinajstić information content (AvgIpc) is 2.27. The average molecular weight is 268 g/mol. The van der Waals surface area contributed by atoms with Gasteiger partial charge in [-0.1, -0.05) is 13.8 Å². The van der Waals surface area contributed by atoms with Crippen LogP contribution in [0.2, 0.25) is 0 Å². The summed E-state index contributed by atoms with van der Waals surface area (Å²) in [7, 11) is 0. The van der Waals surface area contributed by atoms with Crippen LogP contribution in [-0.2, 0) is 9.53 Å². The van der Waals surface area contributed by atoms with Crippen molar-refractivity contribution in [2.45, 2.75) is 58.8 Å². The monoisotopic (exact) mass is 268 g/mol. The van der Waals surface area contributed by atoms with Crippen LogP contribution < -0.4 is 0 Å². The van der Waals surface area contributed by atoms with Gasteiger partial charge in [-0.05, 0) is 39.7 Å². The fraction of sp³-hybridized carbons (Fsp3) is 0.933. The van der Waals surface area contributed by atoms with Crippen LogP contribution in [0.15, 0.2) is 0 Å². The van der Waals surface area contributed by atoms with Crippen molar-refractivity contribution in [3.63, 3.8) is 0 Å². The van der Waals surface area contributed by atoms with Crippen molar-refractivity contribution in [1.82, 2.24) is 9.80 Å². The van der Waals surface area contributed by atoms with Crippen molar-refractivity contribution in [1.29, 1.82) is 0 Å². The van der Waals surface area contributed by atoms with Crippen LogP contribution in [0.5, 0.6) is 0 Å². The molecule has 2 fully saturated rings. The first-order valence-corrected chi connectivity index (χ1v) is 7.54. The summed E-state index contributed by atoms with van der Waals surface area (Å²) in [5.41, 5.74) is -0.103. The van der Waals surface area contributed by atoms with Gasteiger partial charge in [0.2, 0.25) is 0 Å². The van der Waals surface area contributed by atoms with Gasteiger partial charge in [-0.3, -0.25) is 9.69 Å². The maximum absolute atomic E-state index is 12.1. The van der Waals surface area contributed by atoms with Gasteiger partial charge in [0, 0.05) is 19.1 Å². The number of hydrogen-bond acceptors (Lipinski definition) is 3. The molecule has 0 bridgehead atoms. The molecule has 0 unspecified atom stereocenters. The van der Waals surface area contributed by atoms with Gasteiger partial charge in [-0.15, -0.1) is 0 Å². The molecule has 1 amide bonds. The maximum atomic E-state index is 12.1. The zero-order valence-electron chi connectivity index (χ0n) is 13.0. The Balaban J connectivity index is 1.90. The molecule has 1 atom stereocenters. The van der Waals surface area contributed by atoms with E-state index in [1.165, 1.54) is 6.42 Å². The third-order valence-electron chi connectivity index (χ3n) is 4.19. The number of rotatable bonds is 4. The molecule has 0 aromatic rings. The maximum Gasteiger partial charge on any atom is 0.251 e. The Kier molecular flexibility index (Phi) is 4.21. The Hall–Kier alpha value is -0.610. The molecule has 0 aliphatic carbocycles. The summed E-state index contributed by atoms with van der Waals surface area (Å²) >= 11 is 0. The number of amides is 1. The van der Waals surface area contributed by atoms with E-state index in [0.717, 1.165) is 32.1 Å². The molecule has 0 aromatic heterocycles. The summed E-state index contributed by atoms with van der Waals surface area (Å²) in [6.07, 6.45) is 0.946. The van der Waals surface area contributed by atoms with E-state index in [9.17, 15) is 4.79 Å². The van der Waals surface area contributed by atoms with Crippen LogP contribution in [0.1, 0.15) is 41.0 Å². The number of nitrogens with zero attached hydrogens (tertiary/aromatic N) is 2. The van der Waals surface area contributed by atoms with Gasteiger partial charge in [-0.25, -0.2) is 0 Å². The van der Waals surface area contributed by atoms with Gasteiger partial charge < -0.3 is 9.64 Å². The molecule has 19 heavy (non-hydrogen) atoms. The first kappa shape index (κ1) is 14.8. The standard InChI is InChI=1S/C15H28N2O2/c1-11(2)6-7-16-8-15(9-16)10-17(12(3)4)14(18)13(5)19-15/h11-13H,6-10H2,1-5H3/t13-/m1/s1. The van der Waals surface area contributed by atoms with Crippen LogP contribution >= 0.6 is 0 Å². The molecule has 2 saturated heterocycles. The molecule has 110 valence electrons. The molecule has 0 aromatic carbocycles. The first-order valence-electron chi connectivity index (χ1n) is 7.54. The molecule has 2 aliphatic rings. The van der Waals surface area contributed by atoms with Crippen LogP contribution in [0.25, 0.3) is 0 Å². The summed E-state index contributed by atoms with van der Waals surface area (Å²) in [4.78, 5) is 16.5. The Labute approximate surface area is 117 Å². The smallest absolute Gasteiger partial charge is 0.251 e. The molecular weight excluding hydrogens is 240 g/mol. The van der Waals surface area contributed by atoms with Gasteiger partial charge >= 0.3 is 0 Å². The molecule has 0 saturated carbocycles. The number of carbonyl (C=O) groups excluding carboxylic acids is 1. The lowest BCUT2D eigenvalue weighted by Crippen LogP contribution is -2.73. The van der Waals surface area contributed by atoms with Gasteiger partial charge in [0.25, 0.3) is 5.91 Å². The normalized spacial score (nSPS) is 27.4. The highest BCUT2D eigenvalue weighted by Crippen LogP contribution is 2.33. The van der Waals surface area contributed by atoms with E-state index in [1.807, 2.05) is 11.8 Å². The topological polar surface area (TPSA) is 32.8 Å². The summed E-state index contributed by atoms with van der Waals surface area (Å²) in [6.45, 7) is 14.4. The summed E-state index contributed by atoms with van der Waals surface area (Å²) in [5, 5.41) is 0. The second kappa shape index (κ2) is 5.41. The zero-order chi connectivity index (χ0) is 14.2. The highest BCUT2D eigenvalue weighted by Gasteiger charge is 2.51. The zero-order valence-corrected chi connectivity index (χ0v) is 13.0. The minimum atomic E-state index is -0.289. The second-order valence-electron chi connectivity index (χ2n) is 6.90. The fourth-order valence-corrected chi connectivity index (χ4v) is 3.06. The molecule has 0 N–H and O–H groups in total. The lowest BCUT2D eigenvalue weighted by Gasteiger charge is -2.56. The molecule has 2 aliphatic heterocycles. The van der Waals surface area contributed by atoms with E-state index in [-0.39, 0.29) is 23.7 Å². The molecule has 2 heterocycles. The van der Waals surface area contributed by atoms with Crippen molar-refractivity contribution in [2.24, 2.45) is 5.92 Å². The van der Waals surface area contributed by atoms with Crippen LogP contribution in [-0.4, -0.2) is 59.6 Å². The molecule has 0 radical (unpaired) electrons. The quantitative estimate of drug-likeness (QED) is 0.778. The predicted molar refractivity (Wildman–Crippen MR) is 76.0 cm³/mol.